The Labute approximate surface area is 114 Å². The minimum Gasteiger partial charge on any atom is -0.396 e. The topological polar surface area (TPSA) is 70.6 Å². The van der Waals surface area contributed by atoms with Crippen molar-refractivity contribution in [3.63, 3.8) is 0 Å². The van der Waals surface area contributed by atoms with Crippen molar-refractivity contribution in [2.75, 3.05) is 26.9 Å². The van der Waals surface area contributed by atoms with Crippen LogP contribution in [0, 0.1) is 0 Å². The van der Waals surface area contributed by atoms with Crippen molar-refractivity contribution < 1.29 is 14.6 Å². The first-order valence-corrected chi connectivity index (χ1v) is 6.47. The van der Waals surface area contributed by atoms with Crippen LogP contribution in [0.2, 0.25) is 0 Å². The van der Waals surface area contributed by atoms with Crippen LogP contribution in [0.15, 0.2) is 30.3 Å². The van der Waals surface area contributed by atoms with Crippen molar-refractivity contribution >= 4 is 6.03 Å². The molecule has 19 heavy (non-hydrogen) atoms. The predicted molar refractivity (Wildman–Crippen MR) is 73.9 cm³/mol. The second kappa shape index (κ2) is 9.35. The van der Waals surface area contributed by atoms with Gasteiger partial charge in [-0.25, -0.2) is 4.79 Å². The number of carbonyl (C=O) groups excluding carboxylic acids is 1. The maximum absolute atomic E-state index is 11.7. The minimum atomic E-state index is -0.219. The molecule has 0 aliphatic carbocycles. The van der Waals surface area contributed by atoms with Gasteiger partial charge in [0.25, 0.3) is 0 Å². The van der Waals surface area contributed by atoms with Crippen LogP contribution in [-0.4, -0.2) is 38.0 Å². The average molecular weight is 266 g/mol. The number of ether oxygens (including phenoxy) is 1. The SMILES string of the molecule is COCCNC(=O)NC(CCCO)c1ccccc1. The van der Waals surface area contributed by atoms with Crippen molar-refractivity contribution in [3.05, 3.63) is 35.9 Å². The molecule has 0 fully saturated rings. The molecule has 2 amide bonds. The van der Waals surface area contributed by atoms with Crippen LogP contribution in [0.3, 0.4) is 0 Å². The van der Waals surface area contributed by atoms with Gasteiger partial charge in [-0.05, 0) is 18.4 Å². The number of urea groups is 1. The van der Waals surface area contributed by atoms with Crippen molar-refractivity contribution in [1.29, 1.82) is 0 Å². The van der Waals surface area contributed by atoms with E-state index in [1.807, 2.05) is 30.3 Å². The van der Waals surface area contributed by atoms with E-state index in [4.69, 9.17) is 9.84 Å². The fraction of sp³-hybridized carbons (Fsp3) is 0.500. The second-order valence-electron chi connectivity index (χ2n) is 4.22. The van der Waals surface area contributed by atoms with Crippen molar-refractivity contribution in [2.24, 2.45) is 0 Å². The smallest absolute Gasteiger partial charge is 0.315 e. The largest absolute Gasteiger partial charge is 0.396 e. The van der Waals surface area contributed by atoms with Crippen molar-refractivity contribution in [1.82, 2.24) is 10.6 Å². The molecule has 1 unspecified atom stereocenters. The van der Waals surface area contributed by atoms with Gasteiger partial charge < -0.3 is 20.5 Å². The van der Waals surface area contributed by atoms with Crippen molar-refractivity contribution in [2.45, 2.75) is 18.9 Å². The summed E-state index contributed by atoms with van der Waals surface area (Å²) in [5.74, 6) is 0. The van der Waals surface area contributed by atoms with Crippen LogP contribution < -0.4 is 10.6 Å². The second-order valence-corrected chi connectivity index (χ2v) is 4.22. The molecule has 0 spiro atoms. The zero-order valence-corrected chi connectivity index (χ0v) is 11.3. The molecular formula is C14H22N2O3. The fourth-order valence-electron chi connectivity index (χ4n) is 1.78. The third-order valence-electron chi connectivity index (χ3n) is 2.75. The van der Waals surface area contributed by atoms with E-state index in [0.717, 1.165) is 5.56 Å². The summed E-state index contributed by atoms with van der Waals surface area (Å²) >= 11 is 0. The number of methoxy groups -OCH3 is 1. The molecule has 0 saturated heterocycles. The lowest BCUT2D eigenvalue weighted by Gasteiger charge is -2.19. The number of aliphatic hydroxyl groups is 1. The first-order chi connectivity index (χ1) is 9.27. The Morgan fingerprint density at radius 1 is 1.37 bits per heavy atom. The molecule has 0 radical (unpaired) electrons. The van der Waals surface area contributed by atoms with Gasteiger partial charge in [0.15, 0.2) is 0 Å². The normalized spacial score (nSPS) is 11.9. The summed E-state index contributed by atoms with van der Waals surface area (Å²) in [6.45, 7) is 1.08. The average Bonchev–Trinajstić information content (AvgIpc) is 2.44. The number of aliphatic hydroxyl groups excluding tert-OH is 1. The first kappa shape index (κ1) is 15.5. The Bertz CT molecular complexity index is 357. The zero-order chi connectivity index (χ0) is 13.9. The molecule has 5 nitrogen and oxygen atoms in total. The van der Waals surface area contributed by atoms with Gasteiger partial charge in [0, 0.05) is 20.3 Å². The van der Waals surface area contributed by atoms with Gasteiger partial charge in [0.05, 0.1) is 12.6 Å². The molecule has 1 rings (SSSR count). The van der Waals surface area contributed by atoms with Crippen LogP contribution in [0.1, 0.15) is 24.4 Å². The van der Waals surface area contributed by atoms with Crippen LogP contribution >= 0.6 is 0 Å². The predicted octanol–water partition coefficient (Wildman–Crippen LogP) is 1.45. The Balaban J connectivity index is 2.52. The molecule has 0 heterocycles. The minimum absolute atomic E-state index is 0.0871. The summed E-state index contributed by atoms with van der Waals surface area (Å²) in [4.78, 5) is 11.7. The summed E-state index contributed by atoms with van der Waals surface area (Å²) in [5.41, 5.74) is 1.04. The lowest BCUT2D eigenvalue weighted by atomic mass is 10.0. The quantitative estimate of drug-likeness (QED) is 0.624. The number of amides is 2. The summed E-state index contributed by atoms with van der Waals surface area (Å²) in [5, 5.41) is 14.6. The van der Waals surface area contributed by atoms with E-state index < -0.39 is 0 Å². The van der Waals surface area contributed by atoms with Crippen LogP contribution in [0.4, 0.5) is 4.79 Å². The molecule has 1 aromatic carbocycles. The fourth-order valence-corrected chi connectivity index (χ4v) is 1.78. The molecule has 1 atom stereocenters. The number of rotatable bonds is 8. The van der Waals surface area contributed by atoms with Gasteiger partial charge in [-0.1, -0.05) is 30.3 Å². The van der Waals surface area contributed by atoms with Gasteiger partial charge in [-0.3, -0.25) is 0 Å². The standard InChI is InChI=1S/C14H22N2O3/c1-19-11-9-15-14(18)16-13(8-5-10-17)12-6-3-2-4-7-12/h2-4,6-7,13,17H,5,8-11H2,1H3,(H2,15,16,18). The van der Waals surface area contributed by atoms with Gasteiger partial charge in [-0.2, -0.15) is 0 Å². The van der Waals surface area contributed by atoms with Gasteiger partial charge in [0.1, 0.15) is 0 Å². The summed E-state index contributed by atoms with van der Waals surface area (Å²) in [6.07, 6.45) is 1.36. The lowest BCUT2D eigenvalue weighted by molar-refractivity contribution is 0.194. The number of nitrogens with one attached hydrogen (secondary N) is 2. The Morgan fingerprint density at radius 3 is 2.74 bits per heavy atom. The monoisotopic (exact) mass is 266 g/mol. The third kappa shape index (κ3) is 6.22. The van der Waals surface area contributed by atoms with E-state index >= 15 is 0 Å². The Morgan fingerprint density at radius 2 is 2.11 bits per heavy atom. The number of carbonyl (C=O) groups is 1. The summed E-state index contributed by atoms with van der Waals surface area (Å²) in [6, 6.07) is 9.44. The van der Waals surface area contributed by atoms with Crippen molar-refractivity contribution in [3.8, 4) is 0 Å². The zero-order valence-electron chi connectivity index (χ0n) is 11.3. The van der Waals surface area contributed by atoms with Gasteiger partial charge >= 0.3 is 6.03 Å². The highest BCUT2D eigenvalue weighted by Crippen LogP contribution is 2.17. The molecule has 1 aromatic rings. The Hall–Kier alpha value is -1.59. The molecule has 0 aromatic heterocycles. The molecule has 3 N–H and O–H groups in total. The summed E-state index contributed by atoms with van der Waals surface area (Å²) in [7, 11) is 1.59. The van der Waals surface area contributed by atoms with E-state index in [1.165, 1.54) is 0 Å². The lowest BCUT2D eigenvalue weighted by Crippen LogP contribution is -2.39. The maximum atomic E-state index is 11.7. The van der Waals surface area contributed by atoms with Crippen LogP contribution in [0.5, 0.6) is 0 Å². The van der Waals surface area contributed by atoms with E-state index in [1.54, 1.807) is 7.11 Å². The van der Waals surface area contributed by atoms with E-state index in [0.29, 0.717) is 26.0 Å². The molecule has 0 aliphatic rings. The molecule has 0 aliphatic heterocycles. The van der Waals surface area contributed by atoms with E-state index in [-0.39, 0.29) is 18.7 Å². The molecule has 0 saturated carbocycles. The molecule has 106 valence electrons. The molecule has 5 heteroatoms. The van der Waals surface area contributed by atoms with E-state index in [2.05, 4.69) is 10.6 Å². The number of benzene rings is 1. The third-order valence-corrected chi connectivity index (χ3v) is 2.75. The van der Waals surface area contributed by atoms with Gasteiger partial charge in [-0.15, -0.1) is 0 Å². The highest BCUT2D eigenvalue weighted by molar-refractivity contribution is 5.74. The van der Waals surface area contributed by atoms with Crippen LogP contribution in [0.25, 0.3) is 0 Å². The number of hydrogen-bond acceptors (Lipinski definition) is 3. The number of hydrogen-bond donors (Lipinski definition) is 3. The maximum Gasteiger partial charge on any atom is 0.315 e. The first-order valence-electron chi connectivity index (χ1n) is 6.47. The molecule has 0 bridgehead atoms. The highest BCUT2D eigenvalue weighted by Gasteiger charge is 2.13. The van der Waals surface area contributed by atoms with Gasteiger partial charge in [0.2, 0.25) is 0 Å². The van der Waals surface area contributed by atoms with Crippen LogP contribution in [-0.2, 0) is 4.74 Å². The molecular weight excluding hydrogens is 244 g/mol. The Kier molecular flexibility index (Phi) is 7.62. The highest BCUT2D eigenvalue weighted by atomic mass is 16.5. The van der Waals surface area contributed by atoms with E-state index in [9.17, 15) is 4.79 Å². The summed E-state index contributed by atoms with van der Waals surface area (Å²) < 4.78 is 4.87.